The third-order valence-electron chi connectivity index (χ3n) is 3.50. The van der Waals surface area contributed by atoms with Crippen molar-refractivity contribution in [2.24, 2.45) is 11.1 Å². The van der Waals surface area contributed by atoms with Crippen LogP contribution in [0.3, 0.4) is 0 Å². The van der Waals surface area contributed by atoms with Crippen LogP contribution in [0.2, 0.25) is 5.02 Å². The van der Waals surface area contributed by atoms with Gasteiger partial charge in [0.05, 0.1) is 0 Å². The van der Waals surface area contributed by atoms with Crippen LogP contribution >= 0.6 is 11.6 Å². The minimum atomic E-state index is 0.115. The molecule has 0 aliphatic rings. The molecule has 0 unspecified atom stereocenters. The van der Waals surface area contributed by atoms with Gasteiger partial charge in [-0.25, -0.2) is 0 Å². The number of halogens is 1. The summed E-state index contributed by atoms with van der Waals surface area (Å²) in [6.07, 6.45) is 3.21. The molecule has 0 aromatic heterocycles. The Kier molecular flexibility index (Phi) is 7.03. The SMILES string of the molecule is CC(C)(CCN)CCC(=O)NCCc1ccc(Cl)cc1. The maximum Gasteiger partial charge on any atom is 0.220 e. The zero-order valence-corrected chi connectivity index (χ0v) is 13.2. The lowest BCUT2D eigenvalue weighted by Gasteiger charge is -2.23. The van der Waals surface area contributed by atoms with Crippen molar-refractivity contribution in [2.45, 2.75) is 39.5 Å². The molecule has 0 heterocycles. The van der Waals surface area contributed by atoms with Crippen LogP contribution in [0.15, 0.2) is 24.3 Å². The predicted molar refractivity (Wildman–Crippen MR) is 84.9 cm³/mol. The Bertz CT molecular complexity index is 415. The van der Waals surface area contributed by atoms with Gasteiger partial charge in [0.2, 0.25) is 5.91 Å². The van der Waals surface area contributed by atoms with Crippen molar-refractivity contribution < 1.29 is 4.79 Å². The molecule has 0 aliphatic heterocycles. The van der Waals surface area contributed by atoms with Gasteiger partial charge in [-0.2, -0.15) is 0 Å². The van der Waals surface area contributed by atoms with Crippen molar-refractivity contribution in [2.75, 3.05) is 13.1 Å². The second kappa shape index (κ2) is 8.28. The molecule has 4 heteroatoms. The maximum atomic E-state index is 11.8. The van der Waals surface area contributed by atoms with E-state index in [0.29, 0.717) is 19.5 Å². The number of amides is 1. The van der Waals surface area contributed by atoms with Crippen molar-refractivity contribution in [1.82, 2.24) is 5.32 Å². The highest BCUT2D eigenvalue weighted by Gasteiger charge is 2.17. The van der Waals surface area contributed by atoms with E-state index >= 15 is 0 Å². The van der Waals surface area contributed by atoms with Crippen molar-refractivity contribution in [1.29, 1.82) is 0 Å². The summed E-state index contributed by atoms with van der Waals surface area (Å²) in [6, 6.07) is 7.71. The second-order valence-corrected chi connectivity index (χ2v) is 6.37. The topological polar surface area (TPSA) is 55.1 Å². The summed E-state index contributed by atoms with van der Waals surface area (Å²) >= 11 is 5.83. The van der Waals surface area contributed by atoms with Crippen molar-refractivity contribution in [3.05, 3.63) is 34.9 Å². The number of carbonyl (C=O) groups is 1. The van der Waals surface area contributed by atoms with Crippen LogP contribution in [0.5, 0.6) is 0 Å². The molecule has 20 heavy (non-hydrogen) atoms. The third kappa shape index (κ3) is 6.92. The van der Waals surface area contributed by atoms with Gasteiger partial charge in [-0.05, 0) is 48.9 Å². The fraction of sp³-hybridized carbons (Fsp3) is 0.562. The van der Waals surface area contributed by atoms with Crippen LogP contribution in [0.4, 0.5) is 0 Å². The first kappa shape index (κ1) is 17.0. The van der Waals surface area contributed by atoms with E-state index < -0.39 is 0 Å². The molecule has 3 nitrogen and oxygen atoms in total. The molecule has 0 saturated heterocycles. The van der Waals surface area contributed by atoms with E-state index in [1.165, 1.54) is 5.56 Å². The Morgan fingerprint density at radius 2 is 1.90 bits per heavy atom. The number of rotatable bonds is 8. The van der Waals surface area contributed by atoms with Crippen LogP contribution in [-0.4, -0.2) is 19.0 Å². The lowest BCUT2D eigenvalue weighted by atomic mass is 9.84. The number of hydrogen-bond acceptors (Lipinski definition) is 2. The molecule has 0 fully saturated rings. The van der Waals surface area contributed by atoms with Gasteiger partial charge >= 0.3 is 0 Å². The minimum Gasteiger partial charge on any atom is -0.356 e. The summed E-state index contributed by atoms with van der Waals surface area (Å²) in [5.74, 6) is 0.115. The van der Waals surface area contributed by atoms with E-state index in [4.69, 9.17) is 17.3 Å². The van der Waals surface area contributed by atoms with E-state index in [0.717, 1.165) is 24.3 Å². The van der Waals surface area contributed by atoms with E-state index in [2.05, 4.69) is 19.2 Å². The molecule has 1 aromatic rings. The molecule has 0 atom stereocenters. The van der Waals surface area contributed by atoms with Gasteiger partial charge in [0.25, 0.3) is 0 Å². The summed E-state index contributed by atoms with van der Waals surface area (Å²) in [6.45, 7) is 5.64. The molecule has 0 aliphatic carbocycles. The predicted octanol–water partition coefficient (Wildman–Crippen LogP) is 3.15. The highest BCUT2D eigenvalue weighted by atomic mass is 35.5. The summed E-state index contributed by atoms with van der Waals surface area (Å²) in [5.41, 5.74) is 6.89. The van der Waals surface area contributed by atoms with E-state index in [-0.39, 0.29) is 11.3 Å². The van der Waals surface area contributed by atoms with E-state index in [1.807, 2.05) is 24.3 Å². The Morgan fingerprint density at radius 1 is 1.25 bits per heavy atom. The van der Waals surface area contributed by atoms with Crippen LogP contribution in [-0.2, 0) is 11.2 Å². The number of carbonyl (C=O) groups excluding carboxylic acids is 1. The van der Waals surface area contributed by atoms with Crippen LogP contribution in [0.1, 0.15) is 38.7 Å². The van der Waals surface area contributed by atoms with Gasteiger partial charge in [0, 0.05) is 18.0 Å². The molecule has 0 radical (unpaired) electrons. The Morgan fingerprint density at radius 3 is 2.50 bits per heavy atom. The molecule has 1 aromatic carbocycles. The molecule has 3 N–H and O–H groups in total. The zero-order chi connectivity index (χ0) is 15.0. The van der Waals surface area contributed by atoms with Gasteiger partial charge in [-0.15, -0.1) is 0 Å². The van der Waals surface area contributed by atoms with Gasteiger partial charge in [-0.3, -0.25) is 4.79 Å². The quantitative estimate of drug-likeness (QED) is 0.774. The molecular formula is C16H25ClN2O. The summed E-state index contributed by atoms with van der Waals surface area (Å²) in [7, 11) is 0. The van der Waals surface area contributed by atoms with Crippen LogP contribution in [0.25, 0.3) is 0 Å². The molecule has 1 rings (SSSR count). The Balaban J connectivity index is 2.22. The van der Waals surface area contributed by atoms with Gasteiger partial charge < -0.3 is 11.1 Å². The number of nitrogens with one attached hydrogen (secondary N) is 1. The van der Waals surface area contributed by atoms with Crippen molar-refractivity contribution >= 4 is 17.5 Å². The van der Waals surface area contributed by atoms with Gasteiger partial charge in [0.1, 0.15) is 0 Å². The molecule has 0 bridgehead atoms. The number of benzene rings is 1. The lowest BCUT2D eigenvalue weighted by molar-refractivity contribution is -0.121. The molecule has 112 valence electrons. The van der Waals surface area contributed by atoms with Crippen LogP contribution < -0.4 is 11.1 Å². The minimum absolute atomic E-state index is 0.115. The molecule has 1 amide bonds. The van der Waals surface area contributed by atoms with Gasteiger partial charge in [-0.1, -0.05) is 37.6 Å². The summed E-state index contributed by atoms with van der Waals surface area (Å²) < 4.78 is 0. The summed E-state index contributed by atoms with van der Waals surface area (Å²) in [4.78, 5) is 11.8. The number of nitrogens with two attached hydrogens (primary N) is 1. The van der Waals surface area contributed by atoms with Gasteiger partial charge in [0.15, 0.2) is 0 Å². The van der Waals surface area contributed by atoms with Crippen LogP contribution in [0, 0.1) is 5.41 Å². The highest BCUT2D eigenvalue weighted by Crippen LogP contribution is 2.25. The smallest absolute Gasteiger partial charge is 0.220 e. The molecule has 0 saturated carbocycles. The molecule has 0 spiro atoms. The third-order valence-corrected chi connectivity index (χ3v) is 3.75. The second-order valence-electron chi connectivity index (χ2n) is 5.93. The largest absolute Gasteiger partial charge is 0.356 e. The van der Waals surface area contributed by atoms with E-state index in [9.17, 15) is 4.79 Å². The molecular weight excluding hydrogens is 272 g/mol. The fourth-order valence-corrected chi connectivity index (χ4v) is 2.18. The first-order valence-corrected chi connectivity index (χ1v) is 7.52. The maximum absolute atomic E-state index is 11.8. The number of hydrogen-bond donors (Lipinski definition) is 2. The normalized spacial score (nSPS) is 11.4. The average Bonchev–Trinajstić information content (AvgIpc) is 2.39. The average molecular weight is 297 g/mol. The lowest BCUT2D eigenvalue weighted by Crippen LogP contribution is -2.27. The fourth-order valence-electron chi connectivity index (χ4n) is 2.05. The Labute approximate surface area is 126 Å². The summed E-state index contributed by atoms with van der Waals surface area (Å²) in [5, 5.41) is 3.69. The Hall–Kier alpha value is -1.06. The first-order chi connectivity index (χ1) is 9.43. The first-order valence-electron chi connectivity index (χ1n) is 7.14. The standard InChI is InChI=1S/C16H25ClN2O/c1-16(2,10-11-18)9-7-15(20)19-12-8-13-3-5-14(17)6-4-13/h3-6H,7-12,18H2,1-2H3,(H,19,20). The zero-order valence-electron chi connectivity index (χ0n) is 12.4. The monoisotopic (exact) mass is 296 g/mol. The van der Waals surface area contributed by atoms with E-state index in [1.54, 1.807) is 0 Å². The van der Waals surface area contributed by atoms with Crippen molar-refractivity contribution in [3.8, 4) is 0 Å². The van der Waals surface area contributed by atoms with Crippen molar-refractivity contribution in [3.63, 3.8) is 0 Å². The highest BCUT2D eigenvalue weighted by molar-refractivity contribution is 6.30.